The number of nitrogens with one attached hydrogen (secondary N) is 2. The maximum Gasteiger partial charge on any atom is 0.341 e. The molecule has 0 bridgehead atoms. The number of ether oxygens (including phenoxy) is 1. The van der Waals surface area contributed by atoms with Gasteiger partial charge in [-0.15, -0.1) is 11.3 Å². The first-order valence-corrected chi connectivity index (χ1v) is 15.9. The Kier molecular flexibility index (Phi) is 10.1. The molecule has 3 N–H and O–H groups in total. The SMILES string of the molecule is CCCn1cc(C(=O)O)c(=O)c2cc(-c3cnc(NC(=O)NCC)cc3-c3nc(-c4ccccc4)cs3)c(OCCN(C)C)cc21. The molecule has 5 aromatic rings. The predicted molar refractivity (Wildman–Crippen MR) is 182 cm³/mol. The minimum atomic E-state index is -1.29. The van der Waals surface area contributed by atoms with E-state index in [9.17, 15) is 19.5 Å². The molecule has 2 amide bonds. The number of fused-ring (bicyclic) bond motifs is 1. The zero-order chi connectivity index (χ0) is 32.8. The van der Waals surface area contributed by atoms with Crippen LogP contribution >= 0.6 is 11.3 Å². The molecule has 12 heteroatoms. The lowest BCUT2D eigenvalue weighted by atomic mass is 9.98. The van der Waals surface area contributed by atoms with Crippen molar-refractivity contribution in [2.45, 2.75) is 26.8 Å². The molecule has 3 heterocycles. The molecule has 46 heavy (non-hydrogen) atoms. The van der Waals surface area contributed by atoms with Crippen molar-refractivity contribution in [2.75, 3.05) is 39.1 Å². The molecule has 0 radical (unpaired) electrons. The van der Waals surface area contributed by atoms with Crippen LogP contribution in [-0.2, 0) is 6.54 Å². The van der Waals surface area contributed by atoms with Crippen molar-refractivity contribution in [2.24, 2.45) is 0 Å². The fourth-order valence-corrected chi connectivity index (χ4v) is 5.90. The van der Waals surface area contributed by atoms with Gasteiger partial charge in [-0.05, 0) is 39.6 Å². The molecule has 0 aliphatic carbocycles. The number of pyridine rings is 2. The number of urea groups is 1. The quantitative estimate of drug-likeness (QED) is 0.150. The molecule has 11 nitrogen and oxygen atoms in total. The summed E-state index contributed by atoms with van der Waals surface area (Å²) >= 11 is 1.44. The number of nitrogens with zero attached hydrogens (tertiary/aromatic N) is 4. The summed E-state index contributed by atoms with van der Waals surface area (Å²) in [6.45, 7) is 5.78. The average molecular weight is 641 g/mol. The van der Waals surface area contributed by atoms with Crippen molar-refractivity contribution in [1.82, 2.24) is 24.8 Å². The van der Waals surface area contributed by atoms with Gasteiger partial charge in [0.15, 0.2) is 0 Å². The fraction of sp³-hybridized carbons (Fsp3) is 0.265. The minimum absolute atomic E-state index is 0.253. The number of aromatic nitrogens is 3. The highest BCUT2D eigenvalue weighted by atomic mass is 32.1. The van der Waals surface area contributed by atoms with Gasteiger partial charge in [-0.25, -0.2) is 19.6 Å². The number of aromatic carboxylic acids is 1. The third-order valence-electron chi connectivity index (χ3n) is 7.25. The molecule has 238 valence electrons. The lowest BCUT2D eigenvalue weighted by molar-refractivity contribution is 0.0694. The minimum Gasteiger partial charge on any atom is -0.492 e. The van der Waals surface area contributed by atoms with Crippen LogP contribution < -0.4 is 20.8 Å². The maximum atomic E-state index is 13.6. The van der Waals surface area contributed by atoms with Gasteiger partial charge < -0.3 is 24.6 Å². The molecule has 0 aliphatic rings. The summed E-state index contributed by atoms with van der Waals surface area (Å²) in [4.78, 5) is 49.5. The number of carbonyl (C=O) groups excluding carboxylic acids is 1. The van der Waals surface area contributed by atoms with E-state index >= 15 is 0 Å². The highest BCUT2D eigenvalue weighted by Crippen LogP contribution is 2.41. The highest BCUT2D eigenvalue weighted by Gasteiger charge is 2.22. The van der Waals surface area contributed by atoms with E-state index in [1.807, 2.05) is 68.6 Å². The Labute approximate surface area is 270 Å². The second-order valence-corrected chi connectivity index (χ2v) is 11.7. The summed E-state index contributed by atoms with van der Waals surface area (Å²) in [7, 11) is 3.90. The van der Waals surface area contributed by atoms with Gasteiger partial charge in [0.25, 0.3) is 0 Å². The number of rotatable bonds is 12. The van der Waals surface area contributed by atoms with Crippen molar-refractivity contribution in [3.63, 3.8) is 0 Å². The molecule has 3 aromatic heterocycles. The van der Waals surface area contributed by atoms with Gasteiger partial charge in [0.1, 0.15) is 28.7 Å². The van der Waals surface area contributed by atoms with Crippen LogP contribution in [0.15, 0.2) is 71.1 Å². The van der Waals surface area contributed by atoms with E-state index in [2.05, 4.69) is 15.6 Å². The van der Waals surface area contributed by atoms with Crippen molar-refractivity contribution in [1.29, 1.82) is 0 Å². The largest absolute Gasteiger partial charge is 0.492 e. The number of amides is 2. The van der Waals surface area contributed by atoms with Crippen LogP contribution in [0.3, 0.4) is 0 Å². The summed E-state index contributed by atoms with van der Waals surface area (Å²) in [6, 6.07) is 14.6. The Bertz CT molecular complexity index is 1940. The Balaban J connectivity index is 1.76. The number of carbonyl (C=O) groups is 2. The molecule has 0 atom stereocenters. The Morgan fingerprint density at radius 1 is 1.07 bits per heavy atom. The van der Waals surface area contributed by atoms with Crippen LogP contribution in [0.4, 0.5) is 10.6 Å². The summed E-state index contributed by atoms with van der Waals surface area (Å²) in [5.74, 6) is -0.464. The van der Waals surface area contributed by atoms with Crippen LogP contribution in [-0.4, -0.2) is 70.3 Å². The van der Waals surface area contributed by atoms with Gasteiger partial charge in [0.2, 0.25) is 5.43 Å². The zero-order valence-electron chi connectivity index (χ0n) is 26.2. The van der Waals surface area contributed by atoms with Crippen LogP contribution in [0.2, 0.25) is 0 Å². The van der Waals surface area contributed by atoms with Gasteiger partial charge >= 0.3 is 12.0 Å². The van der Waals surface area contributed by atoms with E-state index in [0.29, 0.717) is 65.0 Å². The number of likely N-dealkylation sites (N-methyl/N-ethyl adjacent to an activating group) is 1. The van der Waals surface area contributed by atoms with E-state index in [-0.39, 0.29) is 10.9 Å². The number of hydrogen-bond acceptors (Lipinski definition) is 8. The van der Waals surface area contributed by atoms with Crippen LogP contribution in [0.25, 0.3) is 43.9 Å². The van der Waals surface area contributed by atoms with Gasteiger partial charge in [0, 0.05) is 71.1 Å². The number of hydrogen-bond donors (Lipinski definition) is 3. The van der Waals surface area contributed by atoms with Crippen molar-refractivity contribution in [3.05, 3.63) is 82.1 Å². The zero-order valence-corrected chi connectivity index (χ0v) is 27.0. The molecule has 0 fully saturated rings. The standard InChI is InChI=1S/C34H36N6O5S/c1-5-12-40-19-26(33(42)43)31(41)24-15-22(29(17-28(24)40)45-14-13-39(3)4)25-18-36-30(38-34(44)35-6-2)16-23(25)32-37-27(20-46-32)21-10-8-7-9-11-21/h7-11,15-20H,5-6,12-14H2,1-4H3,(H,42,43)(H2,35,36,38,44). The van der Waals surface area contributed by atoms with E-state index in [1.54, 1.807) is 29.0 Å². The van der Waals surface area contributed by atoms with E-state index in [4.69, 9.17) is 9.72 Å². The van der Waals surface area contributed by atoms with Crippen LogP contribution in [0, 0.1) is 0 Å². The third-order valence-corrected chi connectivity index (χ3v) is 8.13. The van der Waals surface area contributed by atoms with Gasteiger partial charge in [-0.3, -0.25) is 10.1 Å². The molecule has 2 aromatic carbocycles. The first kappa shape index (κ1) is 32.3. The van der Waals surface area contributed by atoms with E-state index < -0.39 is 17.4 Å². The lowest BCUT2D eigenvalue weighted by Crippen LogP contribution is -2.28. The Morgan fingerprint density at radius 3 is 2.54 bits per heavy atom. The maximum absolute atomic E-state index is 13.6. The molecule has 5 rings (SSSR count). The summed E-state index contributed by atoms with van der Waals surface area (Å²) in [5, 5.41) is 18.2. The van der Waals surface area contributed by atoms with Crippen LogP contribution in [0.1, 0.15) is 30.6 Å². The van der Waals surface area contributed by atoms with Gasteiger partial charge in [0.05, 0.1) is 11.2 Å². The fourth-order valence-electron chi connectivity index (χ4n) is 5.04. The number of benzene rings is 2. The Morgan fingerprint density at radius 2 is 1.85 bits per heavy atom. The number of anilines is 1. The van der Waals surface area contributed by atoms with Gasteiger partial charge in [-0.2, -0.15) is 0 Å². The molecule has 0 spiro atoms. The molecule has 0 saturated carbocycles. The summed E-state index contributed by atoms with van der Waals surface area (Å²) in [6.07, 6.45) is 3.75. The van der Waals surface area contributed by atoms with Crippen LogP contribution in [0.5, 0.6) is 5.75 Å². The summed E-state index contributed by atoms with van der Waals surface area (Å²) < 4.78 is 8.14. The molecular formula is C34H36N6O5S. The molecular weight excluding hydrogens is 604 g/mol. The topological polar surface area (TPSA) is 139 Å². The third kappa shape index (κ3) is 7.08. The Hall–Kier alpha value is -5.07. The first-order chi connectivity index (χ1) is 22.2. The lowest BCUT2D eigenvalue weighted by Gasteiger charge is -2.19. The number of carboxylic acid groups (broad SMARTS) is 1. The van der Waals surface area contributed by atoms with E-state index in [0.717, 1.165) is 17.7 Å². The molecule has 0 saturated heterocycles. The summed E-state index contributed by atoms with van der Waals surface area (Å²) in [5.41, 5.74) is 3.26. The first-order valence-electron chi connectivity index (χ1n) is 15.0. The van der Waals surface area contributed by atoms with Gasteiger partial charge in [-0.1, -0.05) is 37.3 Å². The second kappa shape index (κ2) is 14.4. The van der Waals surface area contributed by atoms with Crippen molar-refractivity contribution in [3.8, 4) is 38.7 Å². The number of aryl methyl sites for hydroxylation is 1. The highest BCUT2D eigenvalue weighted by molar-refractivity contribution is 7.13. The van der Waals surface area contributed by atoms with E-state index in [1.165, 1.54) is 17.5 Å². The van der Waals surface area contributed by atoms with Crippen molar-refractivity contribution < 1.29 is 19.4 Å². The predicted octanol–water partition coefficient (Wildman–Crippen LogP) is 6.04. The monoisotopic (exact) mass is 640 g/mol. The molecule has 0 aliphatic heterocycles. The second-order valence-electron chi connectivity index (χ2n) is 10.9. The van der Waals surface area contributed by atoms with Crippen molar-refractivity contribution >= 4 is 40.1 Å². The number of carboxylic acids is 1. The average Bonchev–Trinajstić information content (AvgIpc) is 3.53. The smallest absolute Gasteiger partial charge is 0.341 e. The number of thiazole rings is 1. The normalized spacial score (nSPS) is 11.2. The molecule has 0 unspecified atom stereocenters.